The molecule has 0 fully saturated rings. The largest absolute Gasteiger partial charge is 0.288 e. The van der Waals surface area contributed by atoms with Crippen LogP contribution in [0, 0.1) is 5.92 Å². The molecule has 0 heterocycles. The lowest BCUT2D eigenvalue weighted by molar-refractivity contribution is 0.0706. The van der Waals surface area contributed by atoms with Gasteiger partial charge >= 0.3 is 0 Å². The Labute approximate surface area is 142 Å². The van der Waals surface area contributed by atoms with Crippen LogP contribution in [-0.4, -0.2) is 23.2 Å². The molecule has 6 heteroatoms. The number of amides is 2. The second kappa shape index (κ2) is 10.3. The molecule has 0 spiro atoms. The zero-order chi connectivity index (χ0) is 17.9. The highest BCUT2D eigenvalue weighted by atomic mass is 16.5. The summed E-state index contributed by atoms with van der Waals surface area (Å²) in [4.78, 5) is 23.1. The number of rotatable bonds is 8. The van der Waals surface area contributed by atoms with Gasteiger partial charge in [-0.2, -0.15) is 5.10 Å². The molecule has 0 bridgehead atoms. The maximum absolute atomic E-state index is 11.9. The minimum Gasteiger partial charge on any atom is -0.288 e. The molecule has 0 saturated carbocycles. The van der Waals surface area contributed by atoms with Gasteiger partial charge in [-0.05, 0) is 63.3 Å². The Morgan fingerprint density at radius 1 is 1.17 bits per heavy atom. The van der Waals surface area contributed by atoms with E-state index in [-0.39, 0.29) is 11.5 Å². The number of hydrogen-bond acceptors (Lipinski definition) is 4. The van der Waals surface area contributed by atoms with Crippen molar-refractivity contribution in [3.05, 3.63) is 47.0 Å². The lowest BCUT2D eigenvalue weighted by Crippen LogP contribution is -2.20. The van der Waals surface area contributed by atoms with Gasteiger partial charge in [0.2, 0.25) is 0 Å². The second-order valence-corrected chi connectivity index (χ2v) is 5.97. The van der Waals surface area contributed by atoms with Gasteiger partial charge in [-0.25, -0.2) is 10.9 Å². The number of carbonyl (C=O) groups excluding carboxylic acids is 2. The van der Waals surface area contributed by atoms with Crippen molar-refractivity contribution in [3.8, 4) is 0 Å². The summed E-state index contributed by atoms with van der Waals surface area (Å²) in [6.07, 6.45) is 6.86. The van der Waals surface area contributed by atoms with E-state index in [9.17, 15) is 9.59 Å². The first-order valence-corrected chi connectivity index (χ1v) is 7.93. The van der Waals surface area contributed by atoms with Crippen LogP contribution in [0.25, 0.3) is 0 Å². The van der Waals surface area contributed by atoms with Crippen LogP contribution in [0.2, 0.25) is 0 Å². The SMILES string of the molecule is CC(C)=CCC[C@@H](C)C/C=N/NC(=O)c1ccc(C(=O)NO)cc1. The van der Waals surface area contributed by atoms with Gasteiger partial charge in [0, 0.05) is 17.3 Å². The van der Waals surface area contributed by atoms with Crippen molar-refractivity contribution < 1.29 is 14.8 Å². The van der Waals surface area contributed by atoms with Gasteiger partial charge in [-0.1, -0.05) is 18.6 Å². The van der Waals surface area contributed by atoms with Crippen molar-refractivity contribution in [2.24, 2.45) is 11.0 Å². The molecule has 0 aliphatic heterocycles. The molecule has 130 valence electrons. The monoisotopic (exact) mass is 331 g/mol. The van der Waals surface area contributed by atoms with Crippen LogP contribution in [-0.2, 0) is 0 Å². The first-order chi connectivity index (χ1) is 11.4. The van der Waals surface area contributed by atoms with E-state index >= 15 is 0 Å². The topological polar surface area (TPSA) is 90.8 Å². The van der Waals surface area contributed by atoms with Gasteiger partial charge in [0.1, 0.15) is 0 Å². The van der Waals surface area contributed by atoms with Crippen LogP contribution in [0.3, 0.4) is 0 Å². The summed E-state index contributed by atoms with van der Waals surface area (Å²) in [5.74, 6) is -0.473. The van der Waals surface area contributed by atoms with E-state index in [1.54, 1.807) is 6.21 Å². The molecule has 24 heavy (non-hydrogen) atoms. The molecule has 0 saturated heterocycles. The standard InChI is InChI=1S/C18H25N3O3/c1-13(2)5-4-6-14(3)11-12-19-20-17(22)15-7-9-16(10-8-15)18(23)21-24/h5,7-10,12,14,24H,4,6,11H2,1-3H3,(H,20,22)(H,21,23)/b19-12+/t14-/m1/s1. The van der Waals surface area contributed by atoms with Crippen LogP contribution < -0.4 is 10.9 Å². The molecule has 0 aliphatic carbocycles. The first kappa shape index (κ1) is 19.6. The van der Waals surface area contributed by atoms with E-state index in [0.717, 1.165) is 19.3 Å². The number of carbonyl (C=O) groups is 2. The average molecular weight is 331 g/mol. The summed E-state index contributed by atoms with van der Waals surface area (Å²) in [5, 5.41) is 12.5. The normalized spacial score (nSPS) is 11.8. The van der Waals surface area contributed by atoms with Crippen molar-refractivity contribution in [3.63, 3.8) is 0 Å². The van der Waals surface area contributed by atoms with Crippen LogP contribution in [0.15, 0.2) is 41.0 Å². The summed E-state index contributed by atoms with van der Waals surface area (Å²) >= 11 is 0. The lowest BCUT2D eigenvalue weighted by Gasteiger charge is -2.06. The Hall–Kier alpha value is -2.47. The summed E-state index contributed by atoms with van der Waals surface area (Å²) in [5.41, 5.74) is 5.97. The van der Waals surface area contributed by atoms with E-state index in [4.69, 9.17) is 5.21 Å². The predicted molar refractivity (Wildman–Crippen MR) is 94.1 cm³/mol. The quantitative estimate of drug-likeness (QED) is 0.295. The number of hydroxylamine groups is 1. The van der Waals surface area contributed by atoms with E-state index in [0.29, 0.717) is 11.5 Å². The fourth-order valence-corrected chi connectivity index (χ4v) is 2.01. The smallest absolute Gasteiger partial charge is 0.274 e. The molecule has 1 rings (SSSR count). The van der Waals surface area contributed by atoms with Crippen molar-refractivity contribution in [2.45, 2.75) is 40.0 Å². The second-order valence-electron chi connectivity index (χ2n) is 5.97. The van der Waals surface area contributed by atoms with Gasteiger partial charge in [-0.15, -0.1) is 0 Å². The minimum atomic E-state index is -0.623. The summed E-state index contributed by atoms with van der Waals surface area (Å²) in [6, 6.07) is 5.90. The Bertz CT molecular complexity index is 602. The third-order valence-electron chi connectivity index (χ3n) is 3.49. The molecule has 0 aromatic heterocycles. The Morgan fingerprint density at radius 2 is 1.75 bits per heavy atom. The summed E-state index contributed by atoms with van der Waals surface area (Å²) < 4.78 is 0. The zero-order valence-corrected chi connectivity index (χ0v) is 14.4. The van der Waals surface area contributed by atoms with Crippen LogP contribution in [0.5, 0.6) is 0 Å². The van der Waals surface area contributed by atoms with Crippen LogP contribution in [0.4, 0.5) is 0 Å². The Balaban J connectivity index is 2.40. The van der Waals surface area contributed by atoms with E-state index < -0.39 is 5.91 Å². The number of hydrazone groups is 1. The highest BCUT2D eigenvalue weighted by molar-refractivity contribution is 5.97. The van der Waals surface area contributed by atoms with Gasteiger partial charge in [0.25, 0.3) is 11.8 Å². The average Bonchev–Trinajstić information content (AvgIpc) is 2.57. The fourth-order valence-electron chi connectivity index (χ4n) is 2.01. The lowest BCUT2D eigenvalue weighted by atomic mass is 10.0. The molecule has 6 nitrogen and oxygen atoms in total. The van der Waals surface area contributed by atoms with Gasteiger partial charge < -0.3 is 0 Å². The first-order valence-electron chi connectivity index (χ1n) is 7.93. The third-order valence-corrected chi connectivity index (χ3v) is 3.49. The highest BCUT2D eigenvalue weighted by Crippen LogP contribution is 2.10. The number of hydrogen-bond donors (Lipinski definition) is 3. The predicted octanol–water partition coefficient (Wildman–Crippen LogP) is 3.29. The minimum absolute atomic E-state index is 0.266. The maximum Gasteiger partial charge on any atom is 0.274 e. The molecule has 0 aliphatic rings. The third kappa shape index (κ3) is 7.19. The number of nitrogens with zero attached hydrogens (tertiary/aromatic N) is 1. The van der Waals surface area contributed by atoms with E-state index in [1.807, 2.05) is 0 Å². The van der Waals surface area contributed by atoms with Crippen LogP contribution >= 0.6 is 0 Å². The van der Waals surface area contributed by atoms with Crippen molar-refractivity contribution in [1.82, 2.24) is 10.9 Å². The van der Waals surface area contributed by atoms with E-state index in [1.165, 1.54) is 35.3 Å². The Morgan fingerprint density at radius 3 is 2.29 bits per heavy atom. The molecular formula is C18H25N3O3. The van der Waals surface area contributed by atoms with Crippen molar-refractivity contribution >= 4 is 18.0 Å². The number of benzene rings is 1. The zero-order valence-electron chi connectivity index (χ0n) is 14.4. The van der Waals surface area contributed by atoms with E-state index in [2.05, 4.69) is 37.4 Å². The number of allylic oxidation sites excluding steroid dienone is 2. The molecular weight excluding hydrogens is 306 g/mol. The fraction of sp³-hybridized carbons (Fsp3) is 0.389. The molecule has 3 N–H and O–H groups in total. The molecule has 2 amide bonds. The molecule has 0 radical (unpaired) electrons. The van der Waals surface area contributed by atoms with Gasteiger partial charge in [0.05, 0.1) is 0 Å². The van der Waals surface area contributed by atoms with Gasteiger partial charge in [0.15, 0.2) is 0 Å². The summed E-state index contributed by atoms with van der Waals surface area (Å²) in [6.45, 7) is 6.33. The van der Waals surface area contributed by atoms with Crippen molar-refractivity contribution in [2.75, 3.05) is 0 Å². The van der Waals surface area contributed by atoms with Crippen molar-refractivity contribution in [1.29, 1.82) is 0 Å². The summed E-state index contributed by atoms with van der Waals surface area (Å²) in [7, 11) is 0. The number of nitrogens with one attached hydrogen (secondary N) is 2. The molecule has 0 unspecified atom stereocenters. The highest BCUT2D eigenvalue weighted by Gasteiger charge is 2.07. The van der Waals surface area contributed by atoms with Crippen LogP contribution in [0.1, 0.15) is 60.7 Å². The molecule has 1 aromatic rings. The Kier molecular flexibility index (Phi) is 8.43. The molecule has 1 atom stereocenters. The molecule has 1 aromatic carbocycles. The maximum atomic E-state index is 11.9. The van der Waals surface area contributed by atoms with Gasteiger partial charge in [-0.3, -0.25) is 14.8 Å².